The molecule has 6 rings (SSSR count). The Kier molecular flexibility index (Phi) is 12.1. The van der Waals surface area contributed by atoms with Crippen LogP contribution in [-0.4, -0.2) is 105 Å². The van der Waals surface area contributed by atoms with Crippen LogP contribution in [0, 0.1) is 16.7 Å². The lowest BCUT2D eigenvalue weighted by Gasteiger charge is -2.67. The van der Waals surface area contributed by atoms with Crippen molar-refractivity contribution in [1.29, 1.82) is 0 Å². The predicted molar refractivity (Wildman–Crippen MR) is 211 cm³/mol. The van der Waals surface area contributed by atoms with E-state index in [9.17, 15) is 39.3 Å². The number of aliphatic hydroxyl groups is 3. The molecule has 1 amide bonds. The van der Waals surface area contributed by atoms with Gasteiger partial charge in [0.2, 0.25) is 0 Å². The number of rotatable bonds is 10. The highest BCUT2D eigenvalue weighted by atomic mass is 16.6. The molecule has 2 aromatic carbocycles. The molecule has 1 aliphatic heterocycles. The number of ether oxygens (including phenoxy) is 5. The van der Waals surface area contributed by atoms with Crippen LogP contribution < -0.4 is 5.32 Å². The summed E-state index contributed by atoms with van der Waals surface area (Å²) in [6, 6.07) is 15.1. The van der Waals surface area contributed by atoms with Crippen LogP contribution in [0.5, 0.6) is 0 Å². The van der Waals surface area contributed by atoms with Crippen molar-refractivity contribution in [3.63, 3.8) is 0 Å². The molecule has 11 atom stereocenters. The minimum absolute atomic E-state index is 0.00456. The second-order valence-electron chi connectivity index (χ2n) is 17.0. The van der Waals surface area contributed by atoms with Crippen LogP contribution >= 0.6 is 0 Å². The molecule has 0 aromatic heterocycles. The molecule has 3 fully saturated rings. The first kappa shape index (κ1) is 44.3. The monoisotopic (exact) mass is 831 g/mol. The fourth-order valence-corrected chi connectivity index (χ4v) is 9.75. The fraction of sp³-hybridized carbons (Fsp3) is 0.511. The molecule has 15 nitrogen and oxygen atoms in total. The number of amides is 1. The third-order valence-electron chi connectivity index (χ3n) is 13.2. The summed E-state index contributed by atoms with van der Waals surface area (Å²) in [5.41, 5.74) is -6.85. The maximum Gasteiger partial charge on any atom is 0.338 e. The van der Waals surface area contributed by atoms with E-state index in [1.165, 1.54) is 26.8 Å². The number of nitrogens with one attached hydrogen (secondary N) is 1. The molecule has 0 radical (unpaired) electrons. The SMILES string of the molecule is CC=C(C)C(=O)O[C@H]1[C@@H]2[C@]3(OC(C)=O)CO[C@@H]3C[C@H](O)[C@@]2(C)C(=O)[C@H](OC(C)=O)C2=C(C)[C@@H](OC(=O)[C@H](O)[C@@H](NC(=O)c3ccccc3)c3ccccc3)C[C@]1(O)C2(C)C. The van der Waals surface area contributed by atoms with Gasteiger partial charge in [-0.15, -0.1) is 0 Å². The van der Waals surface area contributed by atoms with Crippen LogP contribution in [0.4, 0.5) is 0 Å². The Morgan fingerprint density at radius 2 is 1.53 bits per heavy atom. The summed E-state index contributed by atoms with van der Waals surface area (Å²) in [6.07, 6.45) is -8.91. The van der Waals surface area contributed by atoms with Gasteiger partial charge in [-0.2, -0.15) is 0 Å². The minimum atomic E-state index is -2.36. The van der Waals surface area contributed by atoms with Crippen molar-refractivity contribution in [3.05, 3.63) is 94.6 Å². The number of hydrogen-bond acceptors (Lipinski definition) is 14. The number of allylic oxidation sites excluding steroid dienone is 1. The van der Waals surface area contributed by atoms with Gasteiger partial charge < -0.3 is 44.3 Å². The van der Waals surface area contributed by atoms with Crippen LogP contribution in [0.15, 0.2) is 83.5 Å². The Labute approximate surface area is 348 Å². The molecular weight excluding hydrogens is 778 g/mol. The Bertz CT molecular complexity index is 2110. The zero-order chi connectivity index (χ0) is 44.1. The number of carbonyl (C=O) groups is 6. The van der Waals surface area contributed by atoms with Gasteiger partial charge in [0, 0.05) is 43.2 Å². The van der Waals surface area contributed by atoms with E-state index in [-0.39, 0.29) is 35.3 Å². The third-order valence-corrected chi connectivity index (χ3v) is 13.2. The smallest absolute Gasteiger partial charge is 0.338 e. The molecule has 60 heavy (non-hydrogen) atoms. The van der Waals surface area contributed by atoms with Crippen molar-refractivity contribution in [2.45, 2.75) is 122 Å². The lowest BCUT2D eigenvalue weighted by Crippen LogP contribution is -2.82. The van der Waals surface area contributed by atoms with E-state index in [0.717, 1.165) is 13.8 Å². The minimum Gasteiger partial charge on any atom is -0.456 e. The second-order valence-corrected chi connectivity index (χ2v) is 17.0. The molecule has 322 valence electrons. The van der Waals surface area contributed by atoms with Gasteiger partial charge >= 0.3 is 23.9 Å². The average molecular weight is 832 g/mol. The molecule has 2 bridgehead atoms. The van der Waals surface area contributed by atoms with E-state index < -0.39 is 113 Å². The maximum atomic E-state index is 15.4. The van der Waals surface area contributed by atoms with Crippen molar-refractivity contribution in [2.24, 2.45) is 16.7 Å². The Hall–Kier alpha value is -5.22. The predicted octanol–water partition coefficient (Wildman–Crippen LogP) is 3.39. The first-order valence-electron chi connectivity index (χ1n) is 19.9. The average Bonchev–Trinajstić information content (AvgIpc) is 3.20. The van der Waals surface area contributed by atoms with Gasteiger partial charge in [-0.1, -0.05) is 68.5 Å². The quantitative estimate of drug-likeness (QED) is 0.117. The van der Waals surface area contributed by atoms with Crippen LogP contribution in [0.2, 0.25) is 0 Å². The summed E-state index contributed by atoms with van der Waals surface area (Å²) < 4.78 is 30.1. The number of Topliss-reactive ketones (excluding diaryl/α,β-unsaturated/α-hetero) is 1. The largest absolute Gasteiger partial charge is 0.456 e. The summed E-state index contributed by atoms with van der Waals surface area (Å²) in [6.45, 7) is 11.1. The van der Waals surface area contributed by atoms with E-state index in [2.05, 4.69) is 5.32 Å². The van der Waals surface area contributed by atoms with Gasteiger partial charge in [-0.25, -0.2) is 9.59 Å². The highest BCUT2D eigenvalue weighted by Gasteiger charge is 2.78. The summed E-state index contributed by atoms with van der Waals surface area (Å²) in [5.74, 6) is -6.76. The van der Waals surface area contributed by atoms with Crippen LogP contribution in [0.3, 0.4) is 0 Å². The van der Waals surface area contributed by atoms with Gasteiger partial charge in [0.1, 0.15) is 23.9 Å². The van der Waals surface area contributed by atoms with E-state index in [1.807, 2.05) is 0 Å². The topological polar surface area (TPSA) is 221 Å². The number of fused-ring (bicyclic) bond motifs is 5. The van der Waals surface area contributed by atoms with E-state index in [4.69, 9.17) is 23.7 Å². The van der Waals surface area contributed by atoms with Crippen LogP contribution in [-0.2, 0) is 47.7 Å². The Morgan fingerprint density at radius 1 is 0.917 bits per heavy atom. The number of esters is 4. The van der Waals surface area contributed by atoms with Crippen molar-refractivity contribution in [2.75, 3.05) is 6.61 Å². The molecule has 15 heteroatoms. The van der Waals surface area contributed by atoms with Crippen LogP contribution in [0.25, 0.3) is 0 Å². The molecule has 2 saturated carbocycles. The molecule has 2 aromatic rings. The second kappa shape index (κ2) is 16.3. The zero-order valence-corrected chi connectivity index (χ0v) is 34.9. The molecule has 1 saturated heterocycles. The number of aliphatic hydroxyl groups excluding tert-OH is 2. The van der Waals surface area contributed by atoms with Gasteiger partial charge in [-0.3, -0.25) is 19.2 Å². The standard InChI is InChI=1S/C45H53NO14/c1-9-23(2)40(53)59-38-36-43(8,30(49)20-31-44(36,22-56-31)60-26(5)48)37(51)35(57-25(4)47)32-24(3)29(21-45(38,55)42(32,6)7)58-41(54)34(50)33(27-16-12-10-13-17-27)46-39(52)28-18-14-11-15-19-28/h9-19,29-31,33-36,38,49-50,55H,20-22H2,1-8H3,(H,46,52)/t29-,30-,31+,33-,34+,35+,36-,38-,43+,44-,45+/m0/s1. The lowest BCUT2D eigenvalue weighted by atomic mass is 9.44. The summed E-state index contributed by atoms with van der Waals surface area (Å²) in [4.78, 5) is 82.8. The molecule has 4 aliphatic rings. The number of carbonyl (C=O) groups excluding carboxylic acids is 6. The van der Waals surface area contributed by atoms with Gasteiger partial charge in [-0.05, 0) is 56.5 Å². The Morgan fingerprint density at radius 3 is 2.08 bits per heavy atom. The molecule has 0 spiro atoms. The Balaban J connectivity index is 1.53. The number of ketones is 1. The van der Waals surface area contributed by atoms with Crippen molar-refractivity contribution < 1.29 is 67.8 Å². The molecule has 4 N–H and O–H groups in total. The summed E-state index contributed by atoms with van der Waals surface area (Å²) in [7, 11) is 0. The van der Waals surface area contributed by atoms with Crippen LogP contribution in [0.1, 0.15) is 90.2 Å². The van der Waals surface area contributed by atoms with Gasteiger partial charge in [0.25, 0.3) is 5.91 Å². The number of hydrogen-bond donors (Lipinski definition) is 4. The van der Waals surface area contributed by atoms with Crippen molar-refractivity contribution in [3.8, 4) is 0 Å². The van der Waals surface area contributed by atoms with E-state index in [0.29, 0.717) is 5.56 Å². The van der Waals surface area contributed by atoms with Crippen molar-refractivity contribution in [1.82, 2.24) is 5.32 Å². The van der Waals surface area contributed by atoms with Crippen molar-refractivity contribution >= 4 is 35.6 Å². The maximum absolute atomic E-state index is 15.4. The molecule has 0 unspecified atom stereocenters. The molecule has 1 heterocycles. The third kappa shape index (κ3) is 7.24. The van der Waals surface area contributed by atoms with Gasteiger partial charge in [0.05, 0.1) is 30.1 Å². The first-order chi connectivity index (χ1) is 28.1. The van der Waals surface area contributed by atoms with Gasteiger partial charge in [0.15, 0.2) is 23.6 Å². The first-order valence-corrected chi connectivity index (χ1v) is 19.9. The summed E-state index contributed by atoms with van der Waals surface area (Å²) >= 11 is 0. The van der Waals surface area contributed by atoms with E-state index >= 15 is 4.79 Å². The molecule has 3 aliphatic carbocycles. The van der Waals surface area contributed by atoms with E-state index in [1.54, 1.807) is 81.4 Å². The lowest BCUT2D eigenvalue weighted by molar-refractivity contribution is -0.347. The summed E-state index contributed by atoms with van der Waals surface area (Å²) in [5, 5.41) is 40.0. The number of benzene rings is 2. The molecular formula is C45H53NO14. The highest BCUT2D eigenvalue weighted by Crippen LogP contribution is 2.64. The fourth-order valence-electron chi connectivity index (χ4n) is 9.75. The normalized spacial score (nSPS) is 32.9. The highest BCUT2D eigenvalue weighted by molar-refractivity contribution is 5.96. The zero-order valence-electron chi connectivity index (χ0n) is 34.9.